The summed E-state index contributed by atoms with van der Waals surface area (Å²) in [5.74, 6) is -4.11. The van der Waals surface area contributed by atoms with E-state index >= 15 is 0 Å². The molecule has 2 aromatic carbocycles. The highest BCUT2D eigenvalue weighted by Gasteiger charge is 2.57. The summed E-state index contributed by atoms with van der Waals surface area (Å²) in [5.41, 5.74) is 0.306. The molecule has 0 aliphatic carbocycles. The van der Waals surface area contributed by atoms with Crippen molar-refractivity contribution in [2.24, 2.45) is 0 Å². The fourth-order valence-corrected chi connectivity index (χ4v) is 5.05. The average Bonchev–Trinajstić information content (AvgIpc) is 3.13. The second-order valence-electron chi connectivity index (χ2n) is 10.7. The maximum atomic E-state index is 13.5. The van der Waals surface area contributed by atoms with E-state index in [1.165, 1.54) is 29.3 Å². The van der Waals surface area contributed by atoms with Gasteiger partial charge in [0, 0.05) is 14.6 Å². The van der Waals surface area contributed by atoms with Gasteiger partial charge in [0.15, 0.2) is 0 Å². The lowest BCUT2D eigenvalue weighted by Crippen LogP contribution is -2.55. The summed E-state index contributed by atoms with van der Waals surface area (Å²) < 4.78 is 10.9. The quantitative estimate of drug-likeness (QED) is 0.265. The largest absolute Gasteiger partial charge is 0.444 e. The fourth-order valence-electron chi connectivity index (χ4n) is 4.35. The third-order valence-electron chi connectivity index (χ3n) is 6.50. The van der Waals surface area contributed by atoms with E-state index in [-0.39, 0.29) is 17.5 Å². The molecular weight excluding hydrogens is 520 g/mol. The topological polar surface area (TPSA) is 120 Å². The Balaban J connectivity index is 1.57. The van der Waals surface area contributed by atoms with Gasteiger partial charge in [0.05, 0.1) is 17.7 Å². The highest BCUT2D eigenvalue weighted by Crippen LogP contribution is 2.29. The second kappa shape index (κ2) is 11.9. The standard InChI is InChI=1S/C28H32N2O8Si/c1-39(2,3)18-17-36-29-16-10-15-21(24(29)31)30-25(32)22(37-27(34)19-11-6-4-7-12-19)23(26(30)33)38-28(35)20-13-8-5-9-14-20/h4-9,11-14,21-23H,10,15-18H2,1-3H3/t21-,22+,23+/m0/s1. The van der Waals surface area contributed by atoms with E-state index in [2.05, 4.69) is 19.6 Å². The molecule has 0 radical (unpaired) electrons. The summed E-state index contributed by atoms with van der Waals surface area (Å²) in [5, 5.41) is 1.20. The zero-order chi connectivity index (χ0) is 28.2. The van der Waals surface area contributed by atoms with Crippen molar-refractivity contribution in [1.29, 1.82) is 0 Å². The predicted octanol–water partition coefficient (Wildman–Crippen LogP) is 3.07. The molecule has 3 amide bonds. The van der Waals surface area contributed by atoms with Crippen molar-refractivity contribution in [2.45, 2.75) is 56.8 Å². The van der Waals surface area contributed by atoms with Crippen molar-refractivity contribution in [2.75, 3.05) is 13.2 Å². The molecule has 39 heavy (non-hydrogen) atoms. The molecule has 206 valence electrons. The summed E-state index contributed by atoms with van der Waals surface area (Å²) in [6, 6.07) is 15.5. The number of amides is 3. The normalized spacial score (nSPS) is 21.7. The van der Waals surface area contributed by atoms with E-state index in [0.717, 1.165) is 10.9 Å². The molecule has 2 saturated heterocycles. The number of nitrogens with zero attached hydrogens (tertiary/aromatic N) is 2. The number of hydroxylamine groups is 2. The molecule has 0 spiro atoms. The molecule has 0 bridgehead atoms. The third kappa shape index (κ3) is 6.60. The van der Waals surface area contributed by atoms with E-state index < -0.39 is 56.0 Å². The number of hydrogen-bond acceptors (Lipinski definition) is 8. The number of carbonyl (C=O) groups excluding carboxylic acids is 5. The zero-order valence-electron chi connectivity index (χ0n) is 22.2. The molecule has 0 N–H and O–H groups in total. The first-order valence-corrected chi connectivity index (χ1v) is 16.6. The zero-order valence-corrected chi connectivity index (χ0v) is 23.2. The minimum absolute atomic E-state index is 0.153. The van der Waals surface area contributed by atoms with Gasteiger partial charge in [-0.05, 0) is 43.2 Å². The van der Waals surface area contributed by atoms with Crippen LogP contribution in [0.5, 0.6) is 0 Å². The molecule has 11 heteroatoms. The number of benzene rings is 2. The number of carbonyl (C=O) groups is 5. The van der Waals surface area contributed by atoms with Gasteiger partial charge in [0.2, 0.25) is 12.2 Å². The van der Waals surface area contributed by atoms with Gasteiger partial charge in [0.25, 0.3) is 17.7 Å². The van der Waals surface area contributed by atoms with Crippen LogP contribution in [0.1, 0.15) is 33.6 Å². The van der Waals surface area contributed by atoms with Gasteiger partial charge in [-0.25, -0.2) is 14.7 Å². The molecule has 4 rings (SSSR count). The Kier molecular flexibility index (Phi) is 8.61. The minimum Gasteiger partial charge on any atom is -0.444 e. The Morgan fingerprint density at radius 1 is 0.795 bits per heavy atom. The van der Waals surface area contributed by atoms with E-state index in [1.807, 2.05) is 0 Å². The van der Waals surface area contributed by atoms with Gasteiger partial charge in [0.1, 0.15) is 6.04 Å². The number of likely N-dealkylation sites (tertiary alicyclic amines) is 1. The van der Waals surface area contributed by atoms with Crippen LogP contribution in [0.15, 0.2) is 60.7 Å². The lowest BCUT2D eigenvalue weighted by Gasteiger charge is -2.35. The van der Waals surface area contributed by atoms with Crippen LogP contribution in [0.2, 0.25) is 25.7 Å². The molecule has 0 aromatic heterocycles. The number of imide groups is 1. The summed E-state index contributed by atoms with van der Waals surface area (Å²) in [4.78, 5) is 72.5. The molecule has 2 aliphatic rings. The summed E-state index contributed by atoms with van der Waals surface area (Å²) in [7, 11) is -1.41. The van der Waals surface area contributed by atoms with Gasteiger partial charge in [-0.1, -0.05) is 56.0 Å². The molecule has 2 aromatic rings. The van der Waals surface area contributed by atoms with Gasteiger partial charge < -0.3 is 9.47 Å². The van der Waals surface area contributed by atoms with Crippen LogP contribution < -0.4 is 0 Å². The number of rotatable bonds is 9. The first-order chi connectivity index (χ1) is 18.6. The smallest absolute Gasteiger partial charge is 0.339 e. The number of hydrogen-bond donors (Lipinski definition) is 0. The SMILES string of the molecule is C[Si](C)(C)CCON1CCC[C@H](N2C(=O)[C@H](OC(=O)c3ccccc3)[C@@H](OC(=O)c3ccccc3)C2=O)C1=O. The summed E-state index contributed by atoms with van der Waals surface area (Å²) >= 11 is 0. The molecule has 2 aliphatic heterocycles. The van der Waals surface area contributed by atoms with Gasteiger partial charge in [-0.3, -0.25) is 24.1 Å². The molecule has 2 fully saturated rings. The van der Waals surface area contributed by atoms with E-state index in [9.17, 15) is 24.0 Å². The van der Waals surface area contributed by atoms with Gasteiger partial charge in [-0.2, -0.15) is 0 Å². The third-order valence-corrected chi connectivity index (χ3v) is 8.21. The summed E-state index contributed by atoms with van der Waals surface area (Å²) in [6.45, 7) is 7.24. The first kappa shape index (κ1) is 28.2. The minimum atomic E-state index is -1.74. The van der Waals surface area contributed by atoms with Crippen LogP contribution >= 0.6 is 0 Å². The van der Waals surface area contributed by atoms with E-state index in [4.69, 9.17) is 14.3 Å². The van der Waals surface area contributed by atoms with Crippen molar-refractivity contribution in [3.05, 3.63) is 71.8 Å². The molecule has 3 atom stereocenters. The van der Waals surface area contributed by atoms with Crippen LogP contribution in [0.3, 0.4) is 0 Å². The summed E-state index contributed by atoms with van der Waals surface area (Å²) in [6.07, 6.45) is -2.78. The number of esters is 2. The van der Waals surface area contributed by atoms with Crippen molar-refractivity contribution in [3.8, 4) is 0 Å². The second-order valence-corrected chi connectivity index (χ2v) is 16.3. The van der Waals surface area contributed by atoms with E-state index in [0.29, 0.717) is 19.6 Å². The van der Waals surface area contributed by atoms with Crippen molar-refractivity contribution in [3.63, 3.8) is 0 Å². The number of piperidine rings is 1. The van der Waals surface area contributed by atoms with Crippen LogP contribution in [0.25, 0.3) is 0 Å². The molecule has 10 nitrogen and oxygen atoms in total. The molecule has 0 unspecified atom stereocenters. The fraction of sp³-hybridized carbons (Fsp3) is 0.393. The lowest BCUT2D eigenvalue weighted by atomic mass is 10.0. The Bertz CT molecular complexity index is 1160. The van der Waals surface area contributed by atoms with Gasteiger partial charge in [-0.15, -0.1) is 0 Å². The average molecular weight is 553 g/mol. The first-order valence-electron chi connectivity index (χ1n) is 12.9. The van der Waals surface area contributed by atoms with Crippen LogP contribution in [0.4, 0.5) is 0 Å². The van der Waals surface area contributed by atoms with Crippen molar-refractivity contribution >= 4 is 37.7 Å². The Labute approximate surface area is 227 Å². The van der Waals surface area contributed by atoms with Crippen molar-refractivity contribution in [1.82, 2.24) is 9.96 Å². The maximum Gasteiger partial charge on any atom is 0.339 e. The maximum absolute atomic E-state index is 13.5. The Morgan fingerprint density at radius 2 is 1.28 bits per heavy atom. The molecular formula is C28H32N2O8Si. The predicted molar refractivity (Wildman–Crippen MR) is 142 cm³/mol. The highest BCUT2D eigenvalue weighted by atomic mass is 28.3. The van der Waals surface area contributed by atoms with Gasteiger partial charge >= 0.3 is 11.9 Å². The van der Waals surface area contributed by atoms with Crippen LogP contribution in [0, 0.1) is 0 Å². The highest BCUT2D eigenvalue weighted by molar-refractivity contribution is 6.76. The van der Waals surface area contributed by atoms with Crippen molar-refractivity contribution < 1.29 is 38.3 Å². The monoisotopic (exact) mass is 552 g/mol. The van der Waals surface area contributed by atoms with Crippen LogP contribution in [-0.2, 0) is 28.7 Å². The molecule has 0 saturated carbocycles. The number of ether oxygens (including phenoxy) is 2. The Hall–Kier alpha value is -3.83. The Morgan fingerprint density at radius 3 is 1.74 bits per heavy atom. The molecule has 2 heterocycles. The van der Waals surface area contributed by atoms with Crippen LogP contribution in [-0.4, -0.2) is 79.1 Å². The van der Waals surface area contributed by atoms with E-state index in [1.54, 1.807) is 36.4 Å². The lowest BCUT2D eigenvalue weighted by molar-refractivity contribution is -0.198.